The lowest BCUT2D eigenvalue weighted by Gasteiger charge is -2.58. The summed E-state index contributed by atoms with van der Waals surface area (Å²) >= 11 is 8.03. The Bertz CT molecular complexity index is 1960. The Kier molecular flexibility index (Phi) is 10.3. The van der Waals surface area contributed by atoms with Crippen LogP contribution in [-0.2, 0) is 9.53 Å². The van der Waals surface area contributed by atoms with Gasteiger partial charge in [0.15, 0.2) is 5.82 Å². The molecule has 8 rings (SSSR count). The largest absolute Gasteiger partial charge is 0.462 e. The van der Waals surface area contributed by atoms with Crippen molar-refractivity contribution in [2.24, 2.45) is 51.3 Å². The summed E-state index contributed by atoms with van der Waals surface area (Å²) < 4.78 is 8.50. The van der Waals surface area contributed by atoms with Gasteiger partial charge in [-0.3, -0.25) is 14.4 Å². The fourth-order valence-corrected chi connectivity index (χ4v) is 13.6. The molecule has 0 amide bonds. The number of ether oxygens (including phenoxy) is 1. The van der Waals surface area contributed by atoms with Gasteiger partial charge in [-0.2, -0.15) is 0 Å². The predicted octanol–water partition coefficient (Wildman–Crippen LogP) is 12.1. The number of allylic oxidation sites excluding steroid dienone is 1. The van der Waals surface area contributed by atoms with Crippen LogP contribution in [0.3, 0.4) is 0 Å². The highest BCUT2D eigenvalue weighted by Crippen LogP contribution is 2.67. The Hall–Kier alpha value is -2.77. The first-order chi connectivity index (χ1) is 25.8. The number of nitrogens with zero attached hydrogens (tertiary/aromatic N) is 4. The van der Waals surface area contributed by atoms with Crippen LogP contribution in [0.4, 0.5) is 0 Å². The molecule has 6 nitrogen and oxygen atoms in total. The lowest BCUT2D eigenvalue weighted by atomic mass is 9.47. The first-order valence-corrected chi connectivity index (χ1v) is 22.2. The SMILES string of the molecule is Cc1sc2c(c1C)C(c1ccc(Cl)cc1)=N[C@@H](CC(=O)O[C@H]1CC[C@@]3(C)C(=CC[C@H]4C5CCC([C@H](C)CCCC(C)C)[C@@]5(C)CCC43)C1)c1nnc(C)n1-2. The number of aromatic nitrogens is 3. The first kappa shape index (κ1) is 38.1. The highest BCUT2D eigenvalue weighted by molar-refractivity contribution is 7.15. The van der Waals surface area contributed by atoms with Gasteiger partial charge in [0, 0.05) is 27.4 Å². The third-order valence-corrected chi connectivity index (χ3v) is 16.7. The molecule has 0 radical (unpaired) electrons. The van der Waals surface area contributed by atoms with Gasteiger partial charge in [0.1, 0.15) is 23.0 Å². The van der Waals surface area contributed by atoms with Gasteiger partial charge in [-0.15, -0.1) is 21.5 Å². The van der Waals surface area contributed by atoms with Crippen LogP contribution in [0.5, 0.6) is 0 Å². The number of hydrogen-bond acceptors (Lipinski definition) is 6. The van der Waals surface area contributed by atoms with E-state index in [0.29, 0.717) is 16.3 Å². The average Bonchev–Trinajstić information content (AvgIpc) is 3.75. The van der Waals surface area contributed by atoms with Crippen LogP contribution in [0.2, 0.25) is 5.02 Å². The molecule has 1 aliphatic heterocycles. The molecule has 3 fully saturated rings. The van der Waals surface area contributed by atoms with Gasteiger partial charge in [0.2, 0.25) is 0 Å². The number of thiophene rings is 1. The van der Waals surface area contributed by atoms with E-state index in [-0.39, 0.29) is 23.9 Å². The number of halogens is 1. The zero-order valence-electron chi connectivity index (χ0n) is 33.9. The normalized spacial score (nSPS) is 32.0. The van der Waals surface area contributed by atoms with Crippen LogP contribution < -0.4 is 0 Å². The third kappa shape index (κ3) is 6.55. The van der Waals surface area contributed by atoms with E-state index in [1.54, 1.807) is 16.9 Å². The monoisotopic (exact) mass is 768 g/mol. The number of fused-ring (bicyclic) bond motifs is 8. The van der Waals surface area contributed by atoms with Crippen molar-refractivity contribution in [2.75, 3.05) is 0 Å². The minimum absolute atomic E-state index is 0.0959. The molecule has 3 aromatic rings. The summed E-state index contributed by atoms with van der Waals surface area (Å²) in [6.45, 7) is 18.8. The van der Waals surface area contributed by atoms with Crippen LogP contribution in [0.15, 0.2) is 40.9 Å². The Morgan fingerprint density at radius 3 is 2.54 bits per heavy atom. The maximum Gasteiger partial charge on any atom is 0.308 e. The van der Waals surface area contributed by atoms with E-state index in [4.69, 9.17) is 21.3 Å². The van der Waals surface area contributed by atoms with Crippen molar-refractivity contribution in [2.45, 2.75) is 145 Å². The lowest BCUT2D eigenvalue weighted by molar-refractivity contribution is -0.152. The molecule has 2 aromatic heterocycles. The third-order valence-electron chi connectivity index (χ3n) is 15.3. The molecule has 54 heavy (non-hydrogen) atoms. The summed E-state index contributed by atoms with van der Waals surface area (Å²) in [5.74, 6) is 6.18. The summed E-state index contributed by atoms with van der Waals surface area (Å²) in [5, 5.41) is 10.8. The molecule has 0 bridgehead atoms. The number of carbonyl (C=O) groups is 1. The van der Waals surface area contributed by atoms with Crippen LogP contribution in [0, 0.1) is 67.1 Å². The van der Waals surface area contributed by atoms with Crippen molar-refractivity contribution in [3.8, 4) is 5.00 Å². The number of aryl methyl sites for hydroxylation is 2. The summed E-state index contributed by atoms with van der Waals surface area (Å²) in [6, 6.07) is 7.32. The summed E-state index contributed by atoms with van der Waals surface area (Å²) in [7, 11) is 0. The van der Waals surface area contributed by atoms with Crippen molar-refractivity contribution in [1.82, 2.24) is 14.8 Å². The molecule has 0 N–H and O–H groups in total. The molecule has 0 saturated heterocycles. The second kappa shape index (κ2) is 14.6. The highest BCUT2D eigenvalue weighted by Gasteiger charge is 2.59. The molecule has 3 unspecified atom stereocenters. The molecule has 290 valence electrons. The molecule has 0 spiro atoms. The van der Waals surface area contributed by atoms with E-state index in [0.717, 1.165) is 82.4 Å². The number of esters is 1. The molecular weight excluding hydrogens is 708 g/mol. The van der Waals surface area contributed by atoms with Gasteiger partial charge >= 0.3 is 5.97 Å². The zero-order chi connectivity index (χ0) is 38.1. The fourth-order valence-electron chi connectivity index (χ4n) is 12.3. The first-order valence-electron chi connectivity index (χ1n) is 21.0. The Morgan fingerprint density at radius 1 is 1.00 bits per heavy atom. The van der Waals surface area contributed by atoms with Gasteiger partial charge < -0.3 is 4.74 Å². The number of carbonyl (C=O) groups excluding carboxylic acids is 1. The maximum absolute atomic E-state index is 14.0. The number of benzene rings is 1. The minimum atomic E-state index is -0.517. The lowest BCUT2D eigenvalue weighted by Crippen LogP contribution is -2.51. The molecule has 9 atom stereocenters. The number of aliphatic imine (C=N–C) groups is 1. The van der Waals surface area contributed by atoms with Gasteiger partial charge in [-0.1, -0.05) is 89.3 Å². The van der Waals surface area contributed by atoms with E-state index < -0.39 is 6.04 Å². The minimum Gasteiger partial charge on any atom is -0.462 e. The van der Waals surface area contributed by atoms with Crippen LogP contribution in [-0.4, -0.2) is 32.5 Å². The summed E-state index contributed by atoms with van der Waals surface area (Å²) in [6.07, 6.45) is 16.4. The van der Waals surface area contributed by atoms with Crippen molar-refractivity contribution in [1.29, 1.82) is 0 Å². The van der Waals surface area contributed by atoms with Crippen molar-refractivity contribution >= 4 is 34.6 Å². The van der Waals surface area contributed by atoms with Gasteiger partial charge in [-0.25, -0.2) is 0 Å². The van der Waals surface area contributed by atoms with Crippen LogP contribution in [0.25, 0.3) is 5.00 Å². The zero-order valence-corrected chi connectivity index (χ0v) is 35.5. The number of rotatable bonds is 9. The van der Waals surface area contributed by atoms with Crippen molar-refractivity contribution < 1.29 is 9.53 Å². The highest BCUT2D eigenvalue weighted by atomic mass is 35.5. The summed E-state index contributed by atoms with van der Waals surface area (Å²) in [4.78, 5) is 20.5. The second-order valence-electron chi connectivity index (χ2n) is 18.8. The van der Waals surface area contributed by atoms with E-state index >= 15 is 0 Å². The van der Waals surface area contributed by atoms with E-state index in [9.17, 15) is 4.79 Å². The predicted molar refractivity (Wildman–Crippen MR) is 221 cm³/mol. The standard InChI is InChI=1S/C46H61ClN4O2S/c1-26(2)10-9-11-27(3)36-18-19-37-35-17-14-32-24-34(20-22-45(32,7)38(35)21-23-46(36,37)8)53-40(52)25-39-43-50-49-30(6)51(43)44-41(28(4)29(5)54-44)42(48-39)31-12-15-33(47)16-13-31/h12-16,26-27,34-39H,9-11,17-25H2,1-8H3/t27-,34+,35+,36?,37?,38?,39+,45+,46-/m1/s1. The quantitative estimate of drug-likeness (QED) is 0.161. The average molecular weight is 770 g/mol. The Labute approximate surface area is 332 Å². The number of hydrogen-bond donors (Lipinski definition) is 0. The molecule has 3 saturated carbocycles. The maximum atomic E-state index is 14.0. The smallest absolute Gasteiger partial charge is 0.308 e. The Morgan fingerprint density at radius 2 is 1.78 bits per heavy atom. The van der Waals surface area contributed by atoms with Gasteiger partial charge in [-0.05, 0) is 130 Å². The molecule has 1 aromatic carbocycles. The van der Waals surface area contributed by atoms with E-state index in [1.807, 2.05) is 31.2 Å². The van der Waals surface area contributed by atoms with Crippen LogP contribution in [0.1, 0.15) is 151 Å². The molecule has 8 heteroatoms. The molecular formula is C46H61ClN4O2S. The summed E-state index contributed by atoms with van der Waals surface area (Å²) in [5.41, 5.74) is 6.34. The van der Waals surface area contributed by atoms with Gasteiger partial charge in [0.25, 0.3) is 0 Å². The van der Waals surface area contributed by atoms with Crippen molar-refractivity contribution in [3.63, 3.8) is 0 Å². The van der Waals surface area contributed by atoms with Crippen LogP contribution >= 0.6 is 22.9 Å². The van der Waals surface area contributed by atoms with E-state index in [2.05, 4.69) is 69.3 Å². The molecule has 5 aliphatic rings. The molecule has 3 heterocycles. The van der Waals surface area contributed by atoms with Crippen molar-refractivity contribution in [3.05, 3.63) is 74.2 Å². The topological polar surface area (TPSA) is 69.4 Å². The second-order valence-corrected chi connectivity index (χ2v) is 20.4. The fraction of sp³-hybridized carbons (Fsp3) is 0.652. The molecule has 4 aliphatic carbocycles. The van der Waals surface area contributed by atoms with Gasteiger partial charge in [0.05, 0.1) is 12.1 Å². The Balaban J connectivity index is 0.979. The van der Waals surface area contributed by atoms with E-state index in [1.165, 1.54) is 61.8 Å².